The lowest BCUT2D eigenvalue weighted by Crippen LogP contribution is -2.31. The number of hydrogen-bond acceptors (Lipinski definition) is 5. The molecular weight excluding hydrogens is 388 g/mol. The van der Waals surface area contributed by atoms with Gasteiger partial charge in [0.1, 0.15) is 24.2 Å². The predicted molar refractivity (Wildman–Crippen MR) is 128 cm³/mol. The number of aliphatic hydroxyl groups excluding tert-OH is 1. The third kappa shape index (κ3) is 11.2. The van der Waals surface area contributed by atoms with Crippen LogP contribution in [0, 0.1) is 0 Å². The topological polar surface area (TPSA) is 62.8 Å². The van der Waals surface area contributed by atoms with Crippen molar-refractivity contribution in [3.63, 3.8) is 0 Å². The molecule has 0 aliphatic heterocycles. The molecule has 2 aromatic rings. The Kier molecular flexibility index (Phi) is 11.8. The smallest absolute Gasteiger partial charge is 0.119 e. The van der Waals surface area contributed by atoms with Crippen LogP contribution in [0.1, 0.15) is 12.0 Å². The number of ether oxygens (including phenoxy) is 2. The zero-order valence-corrected chi connectivity index (χ0v) is 18.1. The first-order chi connectivity index (χ1) is 15.2. The second-order valence-electron chi connectivity index (χ2n) is 7.18. The number of allylic oxidation sites excluding steroid dienone is 2. The molecule has 2 rings (SSSR count). The molecule has 1 unspecified atom stereocenters. The lowest BCUT2D eigenvalue weighted by molar-refractivity contribution is 0.106. The van der Waals surface area contributed by atoms with Gasteiger partial charge >= 0.3 is 0 Å². The van der Waals surface area contributed by atoms with E-state index in [4.69, 9.17) is 9.47 Å². The monoisotopic (exact) mass is 422 g/mol. The molecule has 166 valence electrons. The molecule has 0 aliphatic rings. The fraction of sp³-hybridized carbons (Fsp3) is 0.308. The van der Waals surface area contributed by atoms with E-state index >= 15 is 0 Å². The summed E-state index contributed by atoms with van der Waals surface area (Å²) in [4.78, 5) is 0. The van der Waals surface area contributed by atoms with Crippen molar-refractivity contribution in [1.82, 2.24) is 10.6 Å². The molecule has 0 heterocycles. The van der Waals surface area contributed by atoms with E-state index in [9.17, 15) is 5.11 Å². The van der Waals surface area contributed by atoms with E-state index in [1.165, 1.54) is 5.56 Å². The van der Waals surface area contributed by atoms with Crippen molar-refractivity contribution in [2.24, 2.45) is 0 Å². The standard InChI is InChI=1S/C26H34N2O3/c1-3-4-9-22(2)18-27-16-8-17-30-25-12-14-26(15-13-25)31-21-24(29)20-28-19-23-10-6-5-7-11-23/h3-7,9-15,24,27-29H,1-2,8,16-21H2/b9-4-. The van der Waals surface area contributed by atoms with Gasteiger partial charge in [-0.25, -0.2) is 0 Å². The van der Waals surface area contributed by atoms with Gasteiger partial charge in [-0.2, -0.15) is 0 Å². The quantitative estimate of drug-likeness (QED) is 0.283. The summed E-state index contributed by atoms with van der Waals surface area (Å²) in [5.41, 5.74) is 2.21. The van der Waals surface area contributed by atoms with Gasteiger partial charge in [-0.3, -0.25) is 0 Å². The van der Waals surface area contributed by atoms with Crippen LogP contribution in [0.15, 0.2) is 91.6 Å². The summed E-state index contributed by atoms with van der Waals surface area (Å²) in [7, 11) is 0. The lowest BCUT2D eigenvalue weighted by Gasteiger charge is -2.14. The Balaban J connectivity index is 1.54. The fourth-order valence-electron chi connectivity index (χ4n) is 2.76. The summed E-state index contributed by atoms with van der Waals surface area (Å²) in [6, 6.07) is 17.6. The van der Waals surface area contributed by atoms with Gasteiger partial charge in [0, 0.05) is 19.6 Å². The lowest BCUT2D eigenvalue weighted by atomic mass is 10.2. The summed E-state index contributed by atoms with van der Waals surface area (Å²) in [5.74, 6) is 1.51. The minimum atomic E-state index is -0.574. The van der Waals surface area contributed by atoms with Crippen LogP contribution in [0.5, 0.6) is 11.5 Å². The molecule has 5 nitrogen and oxygen atoms in total. The molecule has 2 aromatic carbocycles. The van der Waals surface area contributed by atoms with Gasteiger partial charge in [-0.05, 0) is 48.4 Å². The molecule has 0 aliphatic carbocycles. The van der Waals surface area contributed by atoms with Crippen molar-refractivity contribution >= 4 is 0 Å². The zero-order chi connectivity index (χ0) is 22.2. The molecule has 0 saturated heterocycles. The van der Waals surface area contributed by atoms with Crippen LogP contribution < -0.4 is 20.1 Å². The highest BCUT2D eigenvalue weighted by atomic mass is 16.5. The van der Waals surface area contributed by atoms with E-state index in [-0.39, 0.29) is 6.61 Å². The van der Waals surface area contributed by atoms with Crippen molar-refractivity contribution in [2.45, 2.75) is 19.1 Å². The van der Waals surface area contributed by atoms with Crippen LogP contribution in [-0.2, 0) is 6.54 Å². The van der Waals surface area contributed by atoms with E-state index in [1.54, 1.807) is 6.08 Å². The Morgan fingerprint density at radius 3 is 2.42 bits per heavy atom. The maximum Gasteiger partial charge on any atom is 0.119 e. The maximum atomic E-state index is 10.1. The third-order valence-electron chi connectivity index (χ3n) is 4.40. The van der Waals surface area contributed by atoms with Crippen molar-refractivity contribution < 1.29 is 14.6 Å². The zero-order valence-electron chi connectivity index (χ0n) is 18.1. The van der Waals surface area contributed by atoms with Gasteiger partial charge in [-0.1, -0.05) is 61.7 Å². The first-order valence-corrected chi connectivity index (χ1v) is 10.6. The first kappa shape index (κ1) is 24.4. The molecule has 0 amide bonds. The molecule has 1 atom stereocenters. The first-order valence-electron chi connectivity index (χ1n) is 10.6. The van der Waals surface area contributed by atoms with Gasteiger partial charge in [-0.15, -0.1) is 0 Å². The van der Waals surface area contributed by atoms with E-state index in [0.29, 0.717) is 18.9 Å². The highest BCUT2D eigenvalue weighted by Gasteiger charge is 2.05. The van der Waals surface area contributed by atoms with Crippen LogP contribution in [-0.4, -0.2) is 44.1 Å². The van der Waals surface area contributed by atoms with Crippen LogP contribution in [0.3, 0.4) is 0 Å². The normalized spacial score (nSPS) is 11.9. The summed E-state index contributed by atoms with van der Waals surface area (Å²) < 4.78 is 11.4. The van der Waals surface area contributed by atoms with Crippen molar-refractivity contribution in [2.75, 3.05) is 32.8 Å². The minimum Gasteiger partial charge on any atom is -0.494 e. The number of hydrogen-bond donors (Lipinski definition) is 3. The number of benzene rings is 2. The van der Waals surface area contributed by atoms with Gasteiger partial charge in [0.25, 0.3) is 0 Å². The van der Waals surface area contributed by atoms with E-state index in [1.807, 2.05) is 54.6 Å². The molecule has 0 spiro atoms. The molecule has 0 fully saturated rings. The van der Waals surface area contributed by atoms with E-state index in [0.717, 1.165) is 37.4 Å². The SMILES string of the molecule is C=C/C=C\C(=C)CNCCCOc1ccc(OCC(O)CNCc2ccccc2)cc1. The van der Waals surface area contributed by atoms with Crippen LogP contribution in [0.25, 0.3) is 0 Å². The third-order valence-corrected chi connectivity index (χ3v) is 4.40. The molecular formula is C26H34N2O3. The van der Waals surface area contributed by atoms with Crippen LogP contribution in [0.2, 0.25) is 0 Å². The fourth-order valence-corrected chi connectivity index (χ4v) is 2.76. The molecule has 0 saturated carbocycles. The summed E-state index contributed by atoms with van der Waals surface area (Å²) in [6.07, 6.45) is 5.89. The van der Waals surface area contributed by atoms with Gasteiger partial charge in [0.2, 0.25) is 0 Å². The summed E-state index contributed by atoms with van der Waals surface area (Å²) in [6.45, 7) is 11.3. The largest absolute Gasteiger partial charge is 0.494 e. The Morgan fingerprint density at radius 1 is 1.00 bits per heavy atom. The van der Waals surface area contributed by atoms with Gasteiger partial charge < -0.3 is 25.2 Å². The Morgan fingerprint density at radius 2 is 1.71 bits per heavy atom. The molecule has 3 N–H and O–H groups in total. The number of rotatable bonds is 16. The summed E-state index contributed by atoms with van der Waals surface area (Å²) in [5, 5.41) is 16.6. The van der Waals surface area contributed by atoms with Crippen LogP contribution in [0.4, 0.5) is 0 Å². The average molecular weight is 423 g/mol. The van der Waals surface area contributed by atoms with Crippen molar-refractivity contribution in [1.29, 1.82) is 0 Å². The highest BCUT2D eigenvalue weighted by molar-refractivity contribution is 5.31. The predicted octanol–water partition coefficient (Wildman–Crippen LogP) is 3.87. The summed E-state index contributed by atoms with van der Waals surface area (Å²) >= 11 is 0. The molecule has 0 bridgehead atoms. The Bertz CT molecular complexity index is 788. The van der Waals surface area contributed by atoms with E-state index < -0.39 is 6.10 Å². The maximum absolute atomic E-state index is 10.1. The second-order valence-corrected chi connectivity index (χ2v) is 7.18. The molecule has 0 aromatic heterocycles. The number of nitrogens with one attached hydrogen (secondary N) is 2. The Labute approximate surface area is 186 Å². The number of aliphatic hydroxyl groups is 1. The van der Waals surface area contributed by atoms with Gasteiger partial charge in [0.15, 0.2) is 0 Å². The molecule has 31 heavy (non-hydrogen) atoms. The van der Waals surface area contributed by atoms with Crippen molar-refractivity contribution in [3.8, 4) is 11.5 Å². The van der Waals surface area contributed by atoms with Crippen LogP contribution >= 0.6 is 0 Å². The van der Waals surface area contributed by atoms with E-state index in [2.05, 4.69) is 35.9 Å². The molecule has 5 heteroatoms. The highest BCUT2D eigenvalue weighted by Crippen LogP contribution is 2.17. The Hall–Kier alpha value is -2.86. The van der Waals surface area contributed by atoms with Crippen molar-refractivity contribution in [3.05, 3.63) is 97.1 Å². The average Bonchev–Trinajstić information content (AvgIpc) is 2.80. The molecule has 0 radical (unpaired) electrons. The second kappa shape index (κ2) is 15.0. The van der Waals surface area contributed by atoms with Gasteiger partial charge in [0.05, 0.1) is 6.61 Å². The minimum absolute atomic E-state index is 0.237.